The number of likely N-dealkylation sites (N-methyl/N-ethyl adjacent to an activating group) is 1. The summed E-state index contributed by atoms with van der Waals surface area (Å²) >= 11 is 7.71. The molecular weight excluding hydrogens is 286 g/mol. The van der Waals surface area contributed by atoms with Gasteiger partial charge in [-0.1, -0.05) is 42.3 Å². The van der Waals surface area contributed by atoms with E-state index in [1.165, 1.54) is 21.6 Å². The molecule has 1 N–H and O–H groups in total. The molecule has 1 unspecified atom stereocenters. The molecule has 1 atom stereocenters. The second-order valence-electron chi connectivity index (χ2n) is 5.30. The van der Waals surface area contributed by atoms with Gasteiger partial charge in [0, 0.05) is 10.9 Å². The number of nitrogens with one attached hydrogen (secondary N) is 1. The van der Waals surface area contributed by atoms with E-state index in [1.807, 2.05) is 6.07 Å². The Morgan fingerprint density at radius 1 is 1.15 bits per heavy atom. The summed E-state index contributed by atoms with van der Waals surface area (Å²) < 4.78 is 0.877. The van der Waals surface area contributed by atoms with Gasteiger partial charge in [-0.15, -0.1) is 11.3 Å². The van der Waals surface area contributed by atoms with Crippen LogP contribution in [-0.2, 0) is 12.8 Å². The van der Waals surface area contributed by atoms with Crippen molar-refractivity contribution in [2.75, 3.05) is 6.54 Å². The monoisotopic (exact) mass is 307 g/mol. The molecule has 0 saturated heterocycles. The third-order valence-electron chi connectivity index (χ3n) is 3.54. The zero-order chi connectivity index (χ0) is 14.5. The van der Waals surface area contributed by atoms with Crippen LogP contribution in [0.25, 0.3) is 0 Å². The number of thiophene rings is 1. The third kappa shape index (κ3) is 4.34. The van der Waals surface area contributed by atoms with Gasteiger partial charge in [0.2, 0.25) is 0 Å². The molecule has 2 rings (SSSR count). The summed E-state index contributed by atoms with van der Waals surface area (Å²) in [7, 11) is 0. The van der Waals surface area contributed by atoms with Gasteiger partial charge in [0.25, 0.3) is 0 Å². The highest BCUT2D eigenvalue weighted by atomic mass is 35.5. The molecule has 0 amide bonds. The molecule has 108 valence electrons. The Hall–Kier alpha value is -0.830. The molecule has 0 aliphatic heterocycles. The SMILES string of the molecule is CCNC(Cc1ccc(Cl)s1)Cc1cc(C)ccc1C. The van der Waals surface area contributed by atoms with Gasteiger partial charge in [0.1, 0.15) is 0 Å². The quantitative estimate of drug-likeness (QED) is 0.809. The predicted molar refractivity (Wildman–Crippen MR) is 90.1 cm³/mol. The zero-order valence-corrected chi connectivity index (χ0v) is 13.9. The molecule has 20 heavy (non-hydrogen) atoms. The lowest BCUT2D eigenvalue weighted by Gasteiger charge is -2.19. The van der Waals surface area contributed by atoms with Crippen molar-refractivity contribution >= 4 is 22.9 Å². The molecule has 1 aromatic heterocycles. The first-order valence-electron chi connectivity index (χ1n) is 7.12. The van der Waals surface area contributed by atoms with Crippen LogP contribution in [0.3, 0.4) is 0 Å². The summed E-state index contributed by atoms with van der Waals surface area (Å²) in [4.78, 5) is 1.35. The fourth-order valence-corrected chi connectivity index (χ4v) is 3.66. The second kappa shape index (κ2) is 7.26. The first-order valence-corrected chi connectivity index (χ1v) is 8.31. The Morgan fingerprint density at radius 2 is 1.95 bits per heavy atom. The summed E-state index contributed by atoms with van der Waals surface area (Å²) in [5.41, 5.74) is 4.15. The lowest BCUT2D eigenvalue weighted by molar-refractivity contribution is 0.523. The maximum absolute atomic E-state index is 6.03. The average Bonchev–Trinajstić information content (AvgIpc) is 2.79. The topological polar surface area (TPSA) is 12.0 Å². The van der Waals surface area contributed by atoms with Crippen molar-refractivity contribution in [3.63, 3.8) is 0 Å². The Bertz CT molecular complexity index is 562. The first kappa shape index (κ1) is 15.6. The number of rotatable bonds is 6. The third-order valence-corrected chi connectivity index (χ3v) is 4.79. The number of halogens is 1. The fourth-order valence-electron chi connectivity index (χ4n) is 2.50. The lowest BCUT2D eigenvalue weighted by Crippen LogP contribution is -2.33. The molecule has 1 nitrogen and oxygen atoms in total. The van der Waals surface area contributed by atoms with Crippen LogP contribution in [0.15, 0.2) is 30.3 Å². The lowest BCUT2D eigenvalue weighted by atomic mass is 9.97. The van der Waals surface area contributed by atoms with Crippen LogP contribution in [0.4, 0.5) is 0 Å². The minimum Gasteiger partial charge on any atom is -0.314 e. The van der Waals surface area contributed by atoms with Crippen LogP contribution in [0.5, 0.6) is 0 Å². The first-order chi connectivity index (χ1) is 9.58. The molecule has 0 spiro atoms. The van der Waals surface area contributed by atoms with Crippen molar-refractivity contribution in [3.8, 4) is 0 Å². The van der Waals surface area contributed by atoms with Gasteiger partial charge >= 0.3 is 0 Å². The molecule has 2 aromatic rings. The van der Waals surface area contributed by atoms with E-state index in [2.05, 4.69) is 50.4 Å². The average molecular weight is 308 g/mol. The summed E-state index contributed by atoms with van der Waals surface area (Å²) in [6, 6.07) is 11.3. The Kier molecular flexibility index (Phi) is 5.64. The Balaban J connectivity index is 2.10. The molecule has 0 fully saturated rings. The maximum Gasteiger partial charge on any atom is 0.0931 e. The molecule has 0 saturated carbocycles. The highest BCUT2D eigenvalue weighted by Crippen LogP contribution is 2.23. The van der Waals surface area contributed by atoms with Crippen molar-refractivity contribution in [2.45, 2.75) is 39.7 Å². The minimum atomic E-state index is 0.468. The minimum absolute atomic E-state index is 0.468. The predicted octanol–water partition coefficient (Wildman–Crippen LogP) is 4.78. The van der Waals surface area contributed by atoms with Crippen LogP contribution < -0.4 is 5.32 Å². The summed E-state index contributed by atoms with van der Waals surface area (Å²) in [5.74, 6) is 0. The van der Waals surface area contributed by atoms with Gasteiger partial charge in [-0.2, -0.15) is 0 Å². The smallest absolute Gasteiger partial charge is 0.0931 e. The number of hydrogen-bond acceptors (Lipinski definition) is 2. The van der Waals surface area contributed by atoms with E-state index in [-0.39, 0.29) is 0 Å². The highest BCUT2D eigenvalue weighted by molar-refractivity contribution is 7.16. The van der Waals surface area contributed by atoms with Crippen LogP contribution >= 0.6 is 22.9 Å². The molecular formula is C17H22ClNS. The maximum atomic E-state index is 6.03. The van der Waals surface area contributed by atoms with E-state index in [0.717, 1.165) is 23.7 Å². The molecule has 0 aliphatic carbocycles. The molecule has 1 aromatic carbocycles. The molecule has 1 heterocycles. The summed E-state index contributed by atoms with van der Waals surface area (Å²) in [5, 5.41) is 3.60. The van der Waals surface area contributed by atoms with Crippen molar-refractivity contribution in [3.05, 3.63) is 56.2 Å². The summed E-state index contributed by atoms with van der Waals surface area (Å²) in [6.45, 7) is 7.51. The van der Waals surface area contributed by atoms with Crippen LogP contribution in [0.1, 0.15) is 28.5 Å². The van der Waals surface area contributed by atoms with E-state index in [4.69, 9.17) is 11.6 Å². The van der Waals surface area contributed by atoms with Gasteiger partial charge < -0.3 is 5.32 Å². The largest absolute Gasteiger partial charge is 0.314 e. The Labute approximate surface area is 131 Å². The van der Waals surface area contributed by atoms with E-state index < -0.39 is 0 Å². The fraction of sp³-hybridized carbons (Fsp3) is 0.412. The molecule has 0 bridgehead atoms. The van der Waals surface area contributed by atoms with E-state index in [9.17, 15) is 0 Å². The Morgan fingerprint density at radius 3 is 2.60 bits per heavy atom. The van der Waals surface area contributed by atoms with Crippen LogP contribution in [0, 0.1) is 13.8 Å². The van der Waals surface area contributed by atoms with E-state index in [1.54, 1.807) is 11.3 Å². The van der Waals surface area contributed by atoms with Crippen molar-refractivity contribution < 1.29 is 0 Å². The summed E-state index contributed by atoms with van der Waals surface area (Å²) in [6.07, 6.45) is 2.11. The van der Waals surface area contributed by atoms with Crippen molar-refractivity contribution in [1.29, 1.82) is 0 Å². The number of hydrogen-bond donors (Lipinski definition) is 1. The zero-order valence-electron chi connectivity index (χ0n) is 12.4. The van der Waals surface area contributed by atoms with E-state index >= 15 is 0 Å². The van der Waals surface area contributed by atoms with Crippen molar-refractivity contribution in [2.24, 2.45) is 0 Å². The standard InChI is InChI=1S/C17H22ClNS/c1-4-19-15(11-16-7-8-17(18)20-16)10-14-9-12(2)5-6-13(14)3/h5-9,15,19H,4,10-11H2,1-3H3. The van der Waals surface area contributed by atoms with Gasteiger partial charge in [0.05, 0.1) is 4.34 Å². The van der Waals surface area contributed by atoms with Crippen molar-refractivity contribution in [1.82, 2.24) is 5.32 Å². The van der Waals surface area contributed by atoms with Crippen LogP contribution in [-0.4, -0.2) is 12.6 Å². The van der Waals surface area contributed by atoms with Gasteiger partial charge in [-0.25, -0.2) is 0 Å². The highest BCUT2D eigenvalue weighted by Gasteiger charge is 2.12. The van der Waals surface area contributed by atoms with Gasteiger partial charge in [-0.3, -0.25) is 0 Å². The number of benzene rings is 1. The van der Waals surface area contributed by atoms with Crippen LogP contribution in [0.2, 0.25) is 4.34 Å². The molecule has 0 aliphatic rings. The molecule has 0 radical (unpaired) electrons. The van der Waals surface area contributed by atoms with Gasteiger partial charge in [0.15, 0.2) is 0 Å². The molecule has 3 heteroatoms. The van der Waals surface area contributed by atoms with E-state index in [0.29, 0.717) is 6.04 Å². The normalized spacial score (nSPS) is 12.6. The van der Waals surface area contributed by atoms with Gasteiger partial charge in [-0.05, 0) is 56.5 Å². The number of aryl methyl sites for hydroxylation is 2. The second-order valence-corrected chi connectivity index (χ2v) is 7.10.